The number of Topliss-reactive ketones (excluding diaryl/α,β-unsaturated/α-hetero) is 1. The van der Waals surface area contributed by atoms with Gasteiger partial charge in [0.15, 0.2) is 5.78 Å². The van der Waals surface area contributed by atoms with Gasteiger partial charge in [-0.2, -0.15) is 0 Å². The Morgan fingerprint density at radius 3 is 2.58 bits per heavy atom. The Bertz CT molecular complexity index is 405. The third-order valence-corrected chi connectivity index (χ3v) is 2.86. The Hall–Kier alpha value is -1.29. The summed E-state index contributed by atoms with van der Waals surface area (Å²) in [5, 5.41) is 0. The highest BCUT2D eigenvalue weighted by atomic mass is 19.1. The molecule has 0 N–H and O–H groups in total. The topological polar surface area (TPSA) is 26.3 Å². The van der Waals surface area contributed by atoms with Crippen molar-refractivity contribution in [3.63, 3.8) is 0 Å². The summed E-state index contributed by atoms with van der Waals surface area (Å²) in [5.74, 6) is -1.98. The quantitative estimate of drug-likeness (QED) is 0.498. The van der Waals surface area contributed by atoms with Gasteiger partial charge in [0.05, 0.1) is 5.56 Å². The second kappa shape index (κ2) is 8.75. The molecule has 0 aliphatic rings. The molecule has 0 aliphatic heterocycles. The number of benzene rings is 1. The number of ether oxygens (including phenoxy) is 1. The number of hydrogen-bond donors (Lipinski definition) is 0. The van der Waals surface area contributed by atoms with Crippen LogP contribution < -0.4 is 0 Å². The molecule has 0 aromatic heterocycles. The average molecular weight is 270 g/mol. The van der Waals surface area contributed by atoms with Crippen molar-refractivity contribution in [2.75, 3.05) is 13.2 Å². The summed E-state index contributed by atoms with van der Waals surface area (Å²) in [6, 6.07) is 2.93. The van der Waals surface area contributed by atoms with Crippen LogP contribution in [-0.2, 0) is 4.74 Å². The second-order valence-corrected chi connectivity index (χ2v) is 4.51. The molecule has 0 bridgehead atoms. The molecule has 1 aromatic rings. The van der Waals surface area contributed by atoms with E-state index in [1.165, 1.54) is 19.3 Å². The van der Waals surface area contributed by atoms with Crippen LogP contribution in [0.5, 0.6) is 0 Å². The van der Waals surface area contributed by atoms with Gasteiger partial charge >= 0.3 is 0 Å². The summed E-state index contributed by atoms with van der Waals surface area (Å²) in [5.41, 5.74) is -0.118. The number of halogens is 2. The van der Waals surface area contributed by atoms with Crippen LogP contribution in [0.25, 0.3) is 0 Å². The van der Waals surface area contributed by atoms with Gasteiger partial charge in [0.25, 0.3) is 0 Å². The number of unbranched alkanes of at least 4 members (excludes halogenated alkanes) is 4. The number of hydrogen-bond acceptors (Lipinski definition) is 2. The zero-order valence-corrected chi connectivity index (χ0v) is 11.3. The summed E-state index contributed by atoms with van der Waals surface area (Å²) in [6.45, 7) is 2.49. The van der Waals surface area contributed by atoms with Crippen LogP contribution in [0.1, 0.15) is 49.4 Å². The van der Waals surface area contributed by atoms with Crippen molar-refractivity contribution in [2.45, 2.75) is 39.0 Å². The average Bonchev–Trinajstić information content (AvgIpc) is 2.37. The van der Waals surface area contributed by atoms with Gasteiger partial charge in [-0.3, -0.25) is 4.79 Å². The number of ketones is 1. The SMILES string of the molecule is CCCCCCCOCC(=O)c1ccc(F)cc1F. The summed E-state index contributed by atoms with van der Waals surface area (Å²) in [6.07, 6.45) is 5.54. The molecule has 0 unspecified atom stereocenters. The first-order chi connectivity index (χ1) is 9.15. The molecule has 0 fully saturated rings. The van der Waals surface area contributed by atoms with Crippen molar-refractivity contribution in [1.29, 1.82) is 0 Å². The molecule has 0 heterocycles. The van der Waals surface area contributed by atoms with Crippen molar-refractivity contribution in [1.82, 2.24) is 0 Å². The largest absolute Gasteiger partial charge is 0.373 e. The van der Waals surface area contributed by atoms with Crippen LogP contribution in [0.3, 0.4) is 0 Å². The molecule has 0 atom stereocenters. The third-order valence-electron chi connectivity index (χ3n) is 2.86. The minimum Gasteiger partial charge on any atom is -0.373 e. The molecule has 0 saturated carbocycles. The maximum Gasteiger partial charge on any atom is 0.191 e. The lowest BCUT2D eigenvalue weighted by Crippen LogP contribution is -2.11. The zero-order valence-electron chi connectivity index (χ0n) is 11.3. The van der Waals surface area contributed by atoms with E-state index in [2.05, 4.69) is 6.92 Å². The van der Waals surface area contributed by atoms with Gasteiger partial charge in [-0.1, -0.05) is 32.6 Å². The Morgan fingerprint density at radius 1 is 1.16 bits per heavy atom. The summed E-state index contributed by atoms with van der Waals surface area (Å²) < 4.78 is 31.2. The van der Waals surface area contributed by atoms with E-state index < -0.39 is 17.4 Å². The minimum atomic E-state index is -0.837. The molecule has 0 spiro atoms. The van der Waals surface area contributed by atoms with Gasteiger partial charge in [-0.25, -0.2) is 8.78 Å². The van der Waals surface area contributed by atoms with Crippen LogP contribution in [0, 0.1) is 11.6 Å². The Labute approximate surface area is 112 Å². The lowest BCUT2D eigenvalue weighted by molar-refractivity contribution is 0.0748. The van der Waals surface area contributed by atoms with E-state index in [4.69, 9.17) is 4.74 Å². The Morgan fingerprint density at radius 2 is 1.89 bits per heavy atom. The Kier molecular flexibility index (Phi) is 7.26. The fourth-order valence-corrected chi connectivity index (χ4v) is 1.77. The highest BCUT2D eigenvalue weighted by molar-refractivity contribution is 5.97. The maximum absolute atomic E-state index is 13.3. The molecule has 0 radical (unpaired) electrons. The molecule has 2 nitrogen and oxygen atoms in total. The van der Waals surface area contributed by atoms with E-state index in [1.807, 2.05) is 0 Å². The molecule has 0 saturated heterocycles. The van der Waals surface area contributed by atoms with Crippen LogP contribution >= 0.6 is 0 Å². The fourth-order valence-electron chi connectivity index (χ4n) is 1.77. The molecule has 0 amide bonds. The number of rotatable bonds is 9. The van der Waals surface area contributed by atoms with Gasteiger partial charge in [0, 0.05) is 12.7 Å². The van der Waals surface area contributed by atoms with Crippen molar-refractivity contribution >= 4 is 5.78 Å². The predicted molar refractivity (Wildman–Crippen MR) is 70.3 cm³/mol. The normalized spacial score (nSPS) is 10.7. The van der Waals surface area contributed by atoms with Crippen LogP contribution in [0.4, 0.5) is 8.78 Å². The van der Waals surface area contributed by atoms with Gasteiger partial charge < -0.3 is 4.74 Å². The van der Waals surface area contributed by atoms with Crippen molar-refractivity contribution in [3.05, 3.63) is 35.4 Å². The van der Waals surface area contributed by atoms with E-state index >= 15 is 0 Å². The summed E-state index contributed by atoms with van der Waals surface area (Å²) in [4.78, 5) is 11.6. The first-order valence-corrected chi connectivity index (χ1v) is 6.71. The highest BCUT2D eigenvalue weighted by Crippen LogP contribution is 2.10. The highest BCUT2D eigenvalue weighted by Gasteiger charge is 2.12. The monoisotopic (exact) mass is 270 g/mol. The number of carbonyl (C=O) groups is 1. The van der Waals surface area contributed by atoms with Crippen molar-refractivity contribution in [3.8, 4) is 0 Å². The van der Waals surface area contributed by atoms with E-state index in [0.717, 1.165) is 25.0 Å². The van der Waals surface area contributed by atoms with E-state index in [0.29, 0.717) is 12.7 Å². The first kappa shape index (κ1) is 15.8. The van der Waals surface area contributed by atoms with Gasteiger partial charge in [0.1, 0.15) is 18.2 Å². The fraction of sp³-hybridized carbons (Fsp3) is 0.533. The summed E-state index contributed by atoms with van der Waals surface area (Å²) in [7, 11) is 0. The van der Waals surface area contributed by atoms with E-state index in [9.17, 15) is 13.6 Å². The molecule has 19 heavy (non-hydrogen) atoms. The number of carbonyl (C=O) groups excluding carboxylic acids is 1. The third kappa shape index (κ3) is 5.92. The molecule has 0 aliphatic carbocycles. The van der Waals surface area contributed by atoms with Gasteiger partial charge in [-0.15, -0.1) is 0 Å². The molecular formula is C15H20F2O2. The van der Waals surface area contributed by atoms with Crippen molar-refractivity contribution < 1.29 is 18.3 Å². The predicted octanol–water partition coefficient (Wildman–Crippen LogP) is 4.13. The second-order valence-electron chi connectivity index (χ2n) is 4.51. The van der Waals surface area contributed by atoms with Crippen molar-refractivity contribution in [2.24, 2.45) is 0 Å². The van der Waals surface area contributed by atoms with Crippen LogP contribution in [-0.4, -0.2) is 19.0 Å². The minimum absolute atomic E-state index is 0.118. The standard InChI is InChI=1S/C15H20F2O2/c1-2-3-4-5-6-9-19-11-15(18)13-8-7-12(16)10-14(13)17/h7-8,10H,2-6,9,11H2,1H3. The lowest BCUT2D eigenvalue weighted by atomic mass is 10.1. The molecule has 4 heteroatoms. The summed E-state index contributed by atoms with van der Waals surface area (Å²) >= 11 is 0. The smallest absolute Gasteiger partial charge is 0.191 e. The van der Waals surface area contributed by atoms with Crippen LogP contribution in [0.15, 0.2) is 18.2 Å². The molecule has 1 aromatic carbocycles. The van der Waals surface area contributed by atoms with Gasteiger partial charge in [0.2, 0.25) is 0 Å². The van der Waals surface area contributed by atoms with Gasteiger partial charge in [-0.05, 0) is 18.6 Å². The van der Waals surface area contributed by atoms with E-state index in [1.54, 1.807) is 0 Å². The Balaban J connectivity index is 2.24. The molecule has 106 valence electrons. The lowest BCUT2D eigenvalue weighted by Gasteiger charge is -2.05. The molecular weight excluding hydrogens is 250 g/mol. The molecule has 1 rings (SSSR count). The van der Waals surface area contributed by atoms with Crippen LogP contribution in [0.2, 0.25) is 0 Å². The maximum atomic E-state index is 13.3. The first-order valence-electron chi connectivity index (χ1n) is 6.71. The zero-order chi connectivity index (χ0) is 14.1. The van der Waals surface area contributed by atoms with E-state index in [-0.39, 0.29) is 12.2 Å².